The molecule has 3 heterocycles. The van der Waals surface area contributed by atoms with E-state index in [0.717, 1.165) is 67.6 Å². The summed E-state index contributed by atoms with van der Waals surface area (Å²) in [5.74, 6) is 0.853. The van der Waals surface area contributed by atoms with Crippen LogP contribution in [0.3, 0.4) is 0 Å². The summed E-state index contributed by atoms with van der Waals surface area (Å²) >= 11 is 6.47. The highest BCUT2D eigenvalue weighted by Gasteiger charge is 2.39. The number of halogens is 1. The van der Waals surface area contributed by atoms with Crippen molar-refractivity contribution in [2.24, 2.45) is 0 Å². The second-order valence-electron chi connectivity index (χ2n) is 11.6. The van der Waals surface area contributed by atoms with Gasteiger partial charge in [0.1, 0.15) is 5.82 Å². The minimum atomic E-state index is -1.86. The van der Waals surface area contributed by atoms with Gasteiger partial charge in [-0.2, -0.15) is 15.1 Å². The van der Waals surface area contributed by atoms with E-state index in [2.05, 4.69) is 49.1 Å². The zero-order valence-electron chi connectivity index (χ0n) is 21.8. The number of carbonyl (C=O) groups is 1. The van der Waals surface area contributed by atoms with E-state index in [4.69, 9.17) is 31.2 Å². The number of anilines is 1. The number of fused-ring (bicyclic) bond motifs is 1. The first-order valence-electron chi connectivity index (χ1n) is 12.7. The van der Waals surface area contributed by atoms with E-state index in [1.54, 1.807) is 0 Å². The van der Waals surface area contributed by atoms with E-state index >= 15 is 0 Å². The molecular formula is C24H39ClN6O3Si. The maximum absolute atomic E-state index is 11.0. The van der Waals surface area contributed by atoms with E-state index in [1.165, 1.54) is 0 Å². The zero-order chi connectivity index (χ0) is 25.5. The molecule has 1 aliphatic carbocycles. The number of amides is 1. The minimum absolute atomic E-state index is 0.00768. The van der Waals surface area contributed by atoms with E-state index < -0.39 is 14.4 Å². The Morgan fingerprint density at radius 3 is 2.51 bits per heavy atom. The number of hydrogen-bond donors (Lipinski definition) is 2. The van der Waals surface area contributed by atoms with E-state index in [-0.39, 0.29) is 28.4 Å². The molecule has 1 saturated carbocycles. The van der Waals surface area contributed by atoms with Gasteiger partial charge in [-0.25, -0.2) is 9.48 Å². The van der Waals surface area contributed by atoms with Gasteiger partial charge in [-0.15, -0.1) is 0 Å². The van der Waals surface area contributed by atoms with Crippen LogP contribution in [0.1, 0.15) is 71.0 Å². The molecule has 0 aromatic carbocycles. The van der Waals surface area contributed by atoms with Crippen LogP contribution < -0.4 is 10.2 Å². The topological polar surface area (TPSA) is 105 Å². The van der Waals surface area contributed by atoms with Crippen LogP contribution in [0.15, 0.2) is 0 Å². The van der Waals surface area contributed by atoms with Gasteiger partial charge < -0.3 is 19.7 Å². The summed E-state index contributed by atoms with van der Waals surface area (Å²) in [4.78, 5) is 22.7. The normalized spacial score (nSPS) is 23.7. The highest BCUT2D eigenvalue weighted by atomic mass is 35.5. The maximum Gasteiger partial charge on any atom is 0.404 e. The second-order valence-corrected chi connectivity index (χ2v) is 16.7. The largest absolute Gasteiger partial charge is 0.465 e. The predicted molar refractivity (Wildman–Crippen MR) is 141 cm³/mol. The second kappa shape index (κ2) is 9.86. The molecule has 9 nitrogen and oxygen atoms in total. The Balaban J connectivity index is 1.60. The molecule has 1 amide bonds. The summed E-state index contributed by atoms with van der Waals surface area (Å²) in [6.45, 7) is 15.0. The number of hydrogen-bond acceptors (Lipinski definition) is 6. The number of nitrogens with zero attached hydrogens (tertiary/aromatic N) is 5. The van der Waals surface area contributed by atoms with Crippen molar-refractivity contribution in [2.75, 3.05) is 18.1 Å². The van der Waals surface area contributed by atoms with Crippen LogP contribution in [0.2, 0.25) is 23.4 Å². The predicted octanol–water partition coefficient (Wildman–Crippen LogP) is 5.53. The van der Waals surface area contributed by atoms with Gasteiger partial charge in [-0.3, -0.25) is 0 Å². The molecule has 2 aliphatic rings. The van der Waals surface area contributed by atoms with Crippen molar-refractivity contribution < 1.29 is 14.3 Å². The molecule has 1 atom stereocenters. The van der Waals surface area contributed by atoms with Crippen molar-refractivity contribution in [3.05, 3.63) is 11.0 Å². The van der Waals surface area contributed by atoms with Crippen molar-refractivity contribution in [3.8, 4) is 0 Å². The molecule has 0 bridgehead atoms. The standard InChI is InChI=1S/C24H39ClN6O3Si/c1-15-19-20(30-13-7-8-18(30)14-34-35(5,6)24(2,3)4)27-22(25)28-21(19)31(29-15)17-11-9-16(10-12-17)26-23(32)33/h16-18,26H,7-14H2,1-6H3,(H,32,33)/t16?,17?,18-/m0/s1. The summed E-state index contributed by atoms with van der Waals surface area (Å²) in [5.41, 5.74) is 1.66. The molecule has 2 N–H and O–H groups in total. The average Bonchev–Trinajstić information content (AvgIpc) is 3.36. The molecule has 4 rings (SSSR count). The Hall–Kier alpha value is -1.91. The van der Waals surface area contributed by atoms with Crippen molar-refractivity contribution >= 4 is 42.9 Å². The van der Waals surface area contributed by atoms with E-state index in [1.807, 2.05) is 11.6 Å². The van der Waals surface area contributed by atoms with Crippen LogP contribution in [0.5, 0.6) is 0 Å². The monoisotopic (exact) mass is 522 g/mol. The van der Waals surface area contributed by atoms with Gasteiger partial charge in [-0.05, 0) is 75.2 Å². The van der Waals surface area contributed by atoms with E-state index in [9.17, 15) is 4.79 Å². The first-order valence-corrected chi connectivity index (χ1v) is 16.0. The lowest BCUT2D eigenvalue weighted by Gasteiger charge is -2.38. The lowest BCUT2D eigenvalue weighted by atomic mass is 9.91. The summed E-state index contributed by atoms with van der Waals surface area (Å²) in [5, 5.41) is 17.9. The van der Waals surface area contributed by atoms with Crippen LogP contribution in [0.25, 0.3) is 11.0 Å². The molecule has 2 fully saturated rings. The summed E-state index contributed by atoms with van der Waals surface area (Å²) < 4.78 is 8.59. The third kappa shape index (κ3) is 5.44. The number of aromatic nitrogens is 4. The first-order chi connectivity index (χ1) is 16.4. The van der Waals surface area contributed by atoms with Gasteiger partial charge in [0, 0.05) is 12.6 Å². The minimum Gasteiger partial charge on any atom is -0.465 e. The highest BCUT2D eigenvalue weighted by Crippen LogP contribution is 2.39. The van der Waals surface area contributed by atoms with Crippen LogP contribution in [0.4, 0.5) is 10.6 Å². The number of carboxylic acid groups (broad SMARTS) is 1. The molecule has 1 saturated heterocycles. The summed E-state index contributed by atoms with van der Waals surface area (Å²) in [7, 11) is -1.86. The number of nitrogens with one attached hydrogen (secondary N) is 1. The SMILES string of the molecule is Cc1nn(C2CCC(NC(=O)O)CC2)c2nc(Cl)nc(N3CCC[C@H]3CO[Si](C)(C)C(C)(C)C)c12. The van der Waals surface area contributed by atoms with Gasteiger partial charge >= 0.3 is 6.09 Å². The third-order valence-corrected chi connectivity index (χ3v) is 12.8. The molecule has 194 valence electrons. The lowest BCUT2D eigenvalue weighted by Crippen LogP contribution is -2.45. The Morgan fingerprint density at radius 1 is 1.20 bits per heavy atom. The molecule has 2 aromatic rings. The molecule has 1 aliphatic heterocycles. The molecule has 0 spiro atoms. The van der Waals surface area contributed by atoms with Crippen molar-refractivity contribution in [1.82, 2.24) is 25.1 Å². The molecular weight excluding hydrogens is 484 g/mol. The van der Waals surface area contributed by atoms with Crippen molar-refractivity contribution in [2.45, 2.75) is 102 Å². The van der Waals surface area contributed by atoms with Gasteiger partial charge in [0.15, 0.2) is 14.0 Å². The molecule has 35 heavy (non-hydrogen) atoms. The number of rotatable bonds is 6. The lowest BCUT2D eigenvalue weighted by molar-refractivity contribution is 0.182. The van der Waals surface area contributed by atoms with Gasteiger partial charge in [0.25, 0.3) is 0 Å². The Morgan fingerprint density at radius 2 is 1.89 bits per heavy atom. The molecule has 0 radical (unpaired) electrons. The Kier molecular flexibility index (Phi) is 7.37. The average molecular weight is 523 g/mol. The molecule has 2 aromatic heterocycles. The van der Waals surface area contributed by atoms with Crippen LogP contribution in [-0.4, -0.2) is 64.5 Å². The van der Waals surface area contributed by atoms with Crippen molar-refractivity contribution in [3.63, 3.8) is 0 Å². The van der Waals surface area contributed by atoms with Crippen LogP contribution >= 0.6 is 11.6 Å². The quantitative estimate of drug-likeness (QED) is 0.379. The fourth-order valence-electron chi connectivity index (χ4n) is 5.07. The Bertz CT molecular complexity index is 1080. The van der Waals surface area contributed by atoms with Gasteiger partial charge in [0.2, 0.25) is 5.28 Å². The van der Waals surface area contributed by atoms with Crippen LogP contribution in [-0.2, 0) is 4.43 Å². The third-order valence-electron chi connectivity index (χ3n) is 8.14. The zero-order valence-corrected chi connectivity index (χ0v) is 23.5. The van der Waals surface area contributed by atoms with E-state index in [0.29, 0.717) is 6.61 Å². The van der Waals surface area contributed by atoms with Crippen LogP contribution in [0, 0.1) is 6.92 Å². The molecule has 11 heteroatoms. The van der Waals surface area contributed by atoms with Gasteiger partial charge in [-0.1, -0.05) is 20.8 Å². The fourth-order valence-corrected chi connectivity index (χ4v) is 6.27. The van der Waals surface area contributed by atoms with Crippen molar-refractivity contribution in [1.29, 1.82) is 0 Å². The summed E-state index contributed by atoms with van der Waals surface area (Å²) in [6, 6.07) is 0.401. The maximum atomic E-state index is 11.0. The first kappa shape index (κ1) is 26.2. The molecule has 0 unspecified atom stereocenters. The number of aryl methyl sites for hydroxylation is 1. The highest BCUT2D eigenvalue weighted by molar-refractivity contribution is 6.74. The summed E-state index contributed by atoms with van der Waals surface area (Å²) in [6.07, 6.45) is 4.42. The fraction of sp³-hybridized carbons (Fsp3) is 0.750. The van der Waals surface area contributed by atoms with Gasteiger partial charge in [0.05, 0.1) is 29.8 Å². The Labute approximate surface area is 213 Å². The smallest absolute Gasteiger partial charge is 0.404 e.